The number of furan rings is 1. The second kappa shape index (κ2) is 6.58. The average molecular weight is 334 g/mol. The summed E-state index contributed by atoms with van der Waals surface area (Å²) in [5, 5.41) is 10.3. The minimum Gasteiger partial charge on any atom is -0.469 e. The molecule has 0 atom stereocenters. The topological polar surface area (TPSA) is 43.9 Å². The van der Waals surface area contributed by atoms with E-state index in [0.717, 1.165) is 39.6 Å². The molecule has 0 aliphatic heterocycles. The summed E-state index contributed by atoms with van der Waals surface area (Å²) in [7, 11) is 0. The summed E-state index contributed by atoms with van der Waals surface area (Å²) < 4.78 is 7.48. The van der Waals surface area contributed by atoms with E-state index in [-0.39, 0.29) is 0 Å². The lowest BCUT2D eigenvalue weighted by atomic mass is 10.2. The van der Waals surface area contributed by atoms with Crippen molar-refractivity contribution in [3.8, 4) is 11.4 Å². The summed E-state index contributed by atoms with van der Waals surface area (Å²) in [5.41, 5.74) is 2.20. The van der Waals surface area contributed by atoms with Crippen LogP contribution in [0.1, 0.15) is 18.2 Å². The molecule has 22 heavy (non-hydrogen) atoms. The molecule has 6 heteroatoms. The van der Waals surface area contributed by atoms with Gasteiger partial charge in [-0.25, -0.2) is 0 Å². The Morgan fingerprint density at radius 2 is 1.95 bits per heavy atom. The highest BCUT2D eigenvalue weighted by Crippen LogP contribution is 2.28. The van der Waals surface area contributed by atoms with Crippen molar-refractivity contribution in [3.63, 3.8) is 0 Å². The number of rotatable bonds is 5. The molecule has 1 aromatic carbocycles. The van der Waals surface area contributed by atoms with Gasteiger partial charge in [-0.3, -0.25) is 0 Å². The van der Waals surface area contributed by atoms with Crippen molar-refractivity contribution >= 4 is 23.4 Å². The molecule has 0 spiro atoms. The fourth-order valence-corrected chi connectivity index (χ4v) is 3.31. The van der Waals surface area contributed by atoms with E-state index in [2.05, 4.69) is 21.7 Å². The normalized spacial score (nSPS) is 11.0. The first-order valence-electron chi connectivity index (χ1n) is 7.04. The van der Waals surface area contributed by atoms with Crippen LogP contribution in [0.4, 0.5) is 0 Å². The second-order valence-corrected chi connectivity index (χ2v) is 6.23. The molecule has 0 N–H and O–H groups in total. The summed E-state index contributed by atoms with van der Waals surface area (Å²) in [4.78, 5) is 0. The van der Waals surface area contributed by atoms with Gasteiger partial charge in [-0.15, -0.1) is 10.2 Å². The van der Waals surface area contributed by atoms with Gasteiger partial charge in [0.05, 0.1) is 11.8 Å². The predicted molar refractivity (Wildman–Crippen MR) is 89.1 cm³/mol. The van der Waals surface area contributed by atoms with Gasteiger partial charge in [0.2, 0.25) is 0 Å². The zero-order chi connectivity index (χ0) is 15.5. The number of halogens is 1. The van der Waals surface area contributed by atoms with Crippen molar-refractivity contribution < 1.29 is 4.42 Å². The van der Waals surface area contributed by atoms with Crippen LogP contribution in [0.3, 0.4) is 0 Å². The molecule has 114 valence electrons. The Morgan fingerprint density at radius 1 is 1.18 bits per heavy atom. The van der Waals surface area contributed by atoms with Gasteiger partial charge in [0.25, 0.3) is 0 Å². The third-order valence-corrected chi connectivity index (χ3v) is 4.70. The van der Waals surface area contributed by atoms with Crippen LogP contribution in [0, 0.1) is 6.92 Å². The highest BCUT2D eigenvalue weighted by molar-refractivity contribution is 7.98. The van der Waals surface area contributed by atoms with Crippen molar-refractivity contribution in [1.29, 1.82) is 0 Å². The summed E-state index contributed by atoms with van der Waals surface area (Å²) in [6.07, 6.45) is 1.68. The fourth-order valence-electron chi connectivity index (χ4n) is 2.23. The van der Waals surface area contributed by atoms with E-state index in [1.165, 1.54) is 5.56 Å². The third-order valence-electron chi connectivity index (χ3n) is 3.41. The van der Waals surface area contributed by atoms with Crippen LogP contribution in [0.25, 0.3) is 11.4 Å². The predicted octanol–water partition coefficient (Wildman–Crippen LogP) is 4.81. The fraction of sp³-hybridized carbons (Fsp3) is 0.250. The SMILES string of the molecule is CCn1c(SCc2ccc(Cl)cc2)nnc1-c1ccoc1C. The Bertz CT molecular complexity index is 764. The van der Waals surface area contributed by atoms with Gasteiger partial charge in [-0.05, 0) is 37.6 Å². The summed E-state index contributed by atoms with van der Waals surface area (Å²) in [6.45, 7) is 4.84. The summed E-state index contributed by atoms with van der Waals surface area (Å²) >= 11 is 7.58. The molecule has 0 aliphatic rings. The molecule has 3 aromatic rings. The first-order chi connectivity index (χ1) is 10.7. The second-order valence-electron chi connectivity index (χ2n) is 4.86. The molecule has 0 saturated carbocycles. The van der Waals surface area contributed by atoms with Crippen molar-refractivity contribution in [2.45, 2.75) is 31.3 Å². The number of aromatic nitrogens is 3. The summed E-state index contributed by atoms with van der Waals surface area (Å²) in [6, 6.07) is 9.80. The molecule has 4 nitrogen and oxygen atoms in total. The van der Waals surface area contributed by atoms with Gasteiger partial charge < -0.3 is 8.98 Å². The van der Waals surface area contributed by atoms with Gasteiger partial charge in [-0.2, -0.15) is 0 Å². The highest BCUT2D eigenvalue weighted by atomic mass is 35.5. The quantitative estimate of drug-likeness (QED) is 0.628. The van der Waals surface area contributed by atoms with Crippen molar-refractivity contribution in [2.75, 3.05) is 0 Å². The molecular formula is C16H16ClN3OS. The molecule has 0 amide bonds. The van der Waals surface area contributed by atoms with E-state index >= 15 is 0 Å². The van der Waals surface area contributed by atoms with Crippen LogP contribution in [-0.4, -0.2) is 14.8 Å². The highest BCUT2D eigenvalue weighted by Gasteiger charge is 2.16. The van der Waals surface area contributed by atoms with E-state index in [0.29, 0.717) is 0 Å². The Morgan fingerprint density at radius 3 is 2.59 bits per heavy atom. The Kier molecular flexibility index (Phi) is 4.55. The largest absolute Gasteiger partial charge is 0.469 e. The molecule has 0 radical (unpaired) electrons. The number of nitrogens with zero attached hydrogens (tertiary/aromatic N) is 3. The molecule has 0 unspecified atom stereocenters. The van der Waals surface area contributed by atoms with E-state index < -0.39 is 0 Å². The molecular weight excluding hydrogens is 318 g/mol. The van der Waals surface area contributed by atoms with Crippen LogP contribution in [0.5, 0.6) is 0 Å². The minimum absolute atomic E-state index is 0.753. The molecule has 0 saturated heterocycles. The maximum atomic E-state index is 5.91. The molecule has 2 aromatic heterocycles. The molecule has 3 rings (SSSR count). The first kappa shape index (κ1) is 15.2. The van der Waals surface area contributed by atoms with Crippen molar-refractivity contribution in [2.24, 2.45) is 0 Å². The molecule has 0 aliphatic carbocycles. The number of hydrogen-bond donors (Lipinski definition) is 0. The number of hydrogen-bond acceptors (Lipinski definition) is 4. The molecule has 0 fully saturated rings. The third kappa shape index (κ3) is 3.05. The van der Waals surface area contributed by atoms with Gasteiger partial charge >= 0.3 is 0 Å². The van der Waals surface area contributed by atoms with Gasteiger partial charge in [0.1, 0.15) is 5.76 Å². The maximum Gasteiger partial charge on any atom is 0.191 e. The lowest BCUT2D eigenvalue weighted by Gasteiger charge is -2.06. The van der Waals surface area contributed by atoms with Gasteiger partial charge in [0.15, 0.2) is 11.0 Å². The van der Waals surface area contributed by atoms with Gasteiger partial charge in [-0.1, -0.05) is 35.5 Å². The Labute approximate surface area is 138 Å². The van der Waals surface area contributed by atoms with Crippen LogP contribution < -0.4 is 0 Å². The standard InChI is InChI=1S/C16H16ClN3OS/c1-3-20-15(14-8-9-21-11(14)2)18-19-16(20)22-10-12-4-6-13(17)7-5-12/h4-9H,3,10H2,1-2H3. The number of benzene rings is 1. The monoisotopic (exact) mass is 333 g/mol. The first-order valence-corrected chi connectivity index (χ1v) is 8.40. The zero-order valence-corrected chi connectivity index (χ0v) is 14.0. The van der Waals surface area contributed by atoms with Crippen LogP contribution in [0.15, 0.2) is 46.2 Å². The van der Waals surface area contributed by atoms with Crippen LogP contribution in [-0.2, 0) is 12.3 Å². The van der Waals surface area contributed by atoms with Gasteiger partial charge in [0, 0.05) is 17.3 Å². The molecule has 2 heterocycles. The number of thioether (sulfide) groups is 1. The zero-order valence-electron chi connectivity index (χ0n) is 12.4. The minimum atomic E-state index is 0.753. The average Bonchev–Trinajstić information content (AvgIpc) is 3.12. The number of aryl methyl sites for hydroxylation is 1. The van der Waals surface area contributed by atoms with E-state index in [1.54, 1.807) is 18.0 Å². The van der Waals surface area contributed by atoms with Crippen LogP contribution >= 0.6 is 23.4 Å². The molecule has 0 bridgehead atoms. The Hall–Kier alpha value is -1.72. The van der Waals surface area contributed by atoms with E-state index in [1.807, 2.05) is 37.3 Å². The van der Waals surface area contributed by atoms with Crippen molar-refractivity contribution in [1.82, 2.24) is 14.8 Å². The lowest BCUT2D eigenvalue weighted by molar-refractivity contribution is 0.534. The van der Waals surface area contributed by atoms with Crippen LogP contribution in [0.2, 0.25) is 5.02 Å². The lowest BCUT2D eigenvalue weighted by Crippen LogP contribution is -2.00. The maximum absolute atomic E-state index is 5.91. The van der Waals surface area contributed by atoms with E-state index in [4.69, 9.17) is 16.0 Å². The van der Waals surface area contributed by atoms with E-state index in [9.17, 15) is 0 Å². The smallest absolute Gasteiger partial charge is 0.191 e. The van der Waals surface area contributed by atoms with Crippen molar-refractivity contribution in [3.05, 3.63) is 52.9 Å². The summed E-state index contributed by atoms with van der Waals surface area (Å²) in [5.74, 6) is 2.54. The Balaban J connectivity index is 1.81.